The van der Waals surface area contributed by atoms with Crippen LogP contribution in [-0.4, -0.2) is 43.8 Å². The van der Waals surface area contributed by atoms with Crippen LogP contribution in [0.15, 0.2) is 40.6 Å². The predicted octanol–water partition coefficient (Wildman–Crippen LogP) is 4.21. The van der Waals surface area contributed by atoms with Crippen LogP contribution in [-0.2, 0) is 22.0 Å². The molecule has 3 rings (SSSR count). The number of piperazine rings is 1. The van der Waals surface area contributed by atoms with Crippen molar-refractivity contribution >= 4 is 33.0 Å². The Morgan fingerprint density at radius 1 is 1.00 bits per heavy atom. The summed E-state index contributed by atoms with van der Waals surface area (Å²) in [6.45, 7) is 9.98. The molecule has 2 heterocycles. The van der Waals surface area contributed by atoms with E-state index in [0.717, 1.165) is 31.0 Å². The lowest BCUT2D eigenvalue weighted by molar-refractivity contribution is 0.182. The van der Waals surface area contributed by atoms with Crippen molar-refractivity contribution < 1.29 is 8.42 Å². The van der Waals surface area contributed by atoms with Crippen LogP contribution in [0.1, 0.15) is 31.9 Å². The molecule has 0 aliphatic carbocycles. The summed E-state index contributed by atoms with van der Waals surface area (Å²) in [7, 11) is -3.42. The summed E-state index contributed by atoms with van der Waals surface area (Å²) in [6, 6.07) is 12.0. The predicted molar refractivity (Wildman–Crippen MR) is 109 cm³/mol. The van der Waals surface area contributed by atoms with Crippen LogP contribution in [0.2, 0.25) is 4.34 Å². The fourth-order valence-electron chi connectivity index (χ4n) is 3.06. The van der Waals surface area contributed by atoms with Gasteiger partial charge in [-0.3, -0.25) is 4.90 Å². The topological polar surface area (TPSA) is 40.6 Å². The van der Waals surface area contributed by atoms with Gasteiger partial charge in [0.1, 0.15) is 4.21 Å². The lowest BCUT2D eigenvalue weighted by Crippen LogP contribution is -2.48. The number of benzene rings is 1. The van der Waals surface area contributed by atoms with Crippen LogP contribution in [0.4, 0.5) is 0 Å². The van der Waals surface area contributed by atoms with E-state index in [0.29, 0.717) is 21.6 Å². The number of hydrogen-bond donors (Lipinski definition) is 0. The van der Waals surface area contributed by atoms with E-state index in [1.54, 1.807) is 16.4 Å². The molecule has 0 amide bonds. The third kappa shape index (κ3) is 4.49. The smallest absolute Gasteiger partial charge is 0.252 e. The molecular weight excluding hydrogens is 388 g/mol. The van der Waals surface area contributed by atoms with Gasteiger partial charge in [0.15, 0.2) is 0 Å². The van der Waals surface area contributed by atoms with Gasteiger partial charge in [-0.1, -0.05) is 56.6 Å². The molecule has 0 saturated carbocycles. The molecule has 7 heteroatoms. The molecular formula is C19H25ClN2O2S2. The number of sulfonamides is 1. The first-order valence-electron chi connectivity index (χ1n) is 8.73. The molecule has 0 bridgehead atoms. The van der Waals surface area contributed by atoms with Gasteiger partial charge in [0.2, 0.25) is 0 Å². The zero-order valence-electron chi connectivity index (χ0n) is 15.4. The minimum atomic E-state index is -3.42. The molecule has 0 spiro atoms. The van der Waals surface area contributed by atoms with Crippen molar-refractivity contribution in [3.05, 3.63) is 51.9 Å². The third-order valence-corrected chi connectivity index (χ3v) is 8.30. The normalized spacial score (nSPS) is 17.5. The van der Waals surface area contributed by atoms with E-state index in [9.17, 15) is 8.42 Å². The zero-order valence-corrected chi connectivity index (χ0v) is 17.8. The Hall–Kier alpha value is -0.920. The summed E-state index contributed by atoms with van der Waals surface area (Å²) in [6.07, 6.45) is 0. The Kier molecular flexibility index (Phi) is 5.80. The highest BCUT2D eigenvalue weighted by Gasteiger charge is 2.29. The lowest BCUT2D eigenvalue weighted by atomic mass is 9.87. The molecule has 0 N–H and O–H groups in total. The molecule has 142 valence electrons. The highest BCUT2D eigenvalue weighted by atomic mass is 35.5. The Bertz CT molecular complexity index is 846. The number of rotatable bonds is 4. The van der Waals surface area contributed by atoms with E-state index in [2.05, 4.69) is 49.9 Å². The van der Waals surface area contributed by atoms with Gasteiger partial charge in [-0.2, -0.15) is 4.31 Å². The summed E-state index contributed by atoms with van der Waals surface area (Å²) in [5.41, 5.74) is 2.74. The SMILES string of the molecule is CC(C)(C)c1ccc(CN2CCN(S(=O)(=O)c3ccc(Cl)s3)CC2)cc1. The Morgan fingerprint density at radius 2 is 1.62 bits per heavy atom. The fourth-order valence-corrected chi connectivity index (χ4v) is 6.12. The summed E-state index contributed by atoms with van der Waals surface area (Å²) in [5.74, 6) is 0. The van der Waals surface area contributed by atoms with E-state index in [1.165, 1.54) is 11.1 Å². The second-order valence-electron chi connectivity index (χ2n) is 7.69. The molecule has 0 atom stereocenters. The van der Waals surface area contributed by atoms with E-state index >= 15 is 0 Å². The van der Waals surface area contributed by atoms with Crippen molar-refractivity contribution in [3.8, 4) is 0 Å². The second-order valence-corrected chi connectivity index (χ2v) is 11.6. The first-order valence-corrected chi connectivity index (χ1v) is 11.4. The molecule has 1 aliphatic heterocycles. The van der Waals surface area contributed by atoms with E-state index < -0.39 is 10.0 Å². The maximum atomic E-state index is 12.7. The van der Waals surface area contributed by atoms with Gasteiger partial charge >= 0.3 is 0 Å². The monoisotopic (exact) mass is 412 g/mol. The number of nitrogens with zero attached hydrogens (tertiary/aromatic N) is 2. The standard InChI is InChI=1S/C19H25ClN2O2S2/c1-19(2,3)16-6-4-15(5-7-16)14-21-10-12-22(13-11-21)26(23,24)18-9-8-17(20)25-18/h4-9H,10-14H2,1-3H3. The van der Waals surface area contributed by atoms with Crippen molar-refractivity contribution in [3.63, 3.8) is 0 Å². The molecule has 1 aromatic heterocycles. The average molecular weight is 413 g/mol. The number of thiophene rings is 1. The first kappa shape index (κ1) is 19.8. The van der Waals surface area contributed by atoms with Gasteiger partial charge in [0.05, 0.1) is 4.34 Å². The Balaban J connectivity index is 1.59. The van der Waals surface area contributed by atoms with E-state index in [1.807, 2.05) is 0 Å². The largest absolute Gasteiger partial charge is 0.296 e. The van der Waals surface area contributed by atoms with E-state index in [-0.39, 0.29) is 5.41 Å². The molecule has 1 aliphatic rings. The molecule has 1 saturated heterocycles. The third-order valence-electron chi connectivity index (χ3n) is 4.70. The number of halogens is 1. The molecule has 1 fully saturated rings. The van der Waals surface area contributed by atoms with Crippen LogP contribution >= 0.6 is 22.9 Å². The summed E-state index contributed by atoms with van der Waals surface area (Å²) in [5, 5.41) is 0. The van der Waals surface area contributed by atoms with Crippen molar-refractivity contribution in [2.75, 3.05) is 26.2 Å². The Morgan fingerprint density at radius 3 is 2.12 bits per heavy atom. The summed E-state index contributed by atoms with van der Waals surface area (Å²) < 4.78 is 27.7. The highest BCUT2D eigenvalue weighted by molar-refractivity contribution is 7.91. The van der Waals surface area contributed by atoms with Crippen molar-refractivity contribution in [1.29, 1.82) is 0 Å². The van der Waals surface area contributed by atoms with Crippen LogP contribution in [0.3, 0.4) is 0 Å². The van der Waals surface area contributed by atoms with E-state index in [4.69, 9.17) is 11.6 Å². The lowest BCUT2D eigenvalue weighted by Gasteiger charge is -2.33. The molecule has 4 nitrogen and oxygen atoms in total. The van der Waals surface area contributed by atoms with Crippen molar-refractivity contribution in [1.82, 2.24) is 9.21 Å². The minimum absolute atomic E-state index is 0.156. The van der Waals surface area contributed by atoms with Crippen LogP contribution in [0.5, 0.6) is 0 Å². The Labute approximate surface area is 165 Å². The highest BCUT2D eigenvalue weighted by Crippen LogP contribution is 2.29. The molecule has 1 aromatic carbocycles. The van der Waals surface area contributed by atoms with Crippen molar-refractivity contribution in [2.45, 2.75) is 36.9 Å². The molecule has 0 radical (unpaired) electrons. The maximum absolute atomic E-state index is 12.7. The van der Waals surface area contributed by atoms with Gasteiger partial charge in [-0.05, 0) is 28.7 Å². The quantitative estimate of drug-likeness (QED) is 0.755. The summed E-state index contributed by atoms with van der Waals surface area (Å²) in [4.78, 5) is 2.31. The molecule has 26 heavy (non-hydrogen) atoms. The van der Waals surface area contributed by atoms with Crippen LogP contribution in [0.25, 0.3) is 0 Å². The second kappa shape index (κ2) is 7.60. The average Bonchev–Trinajstić information content (AvgIpc) is 3.02. The van der Waals surface area contributed by atoms with Crippen LogP contribution in [0, 0.1) is 0 Å². The van der Waals surface area contributed by atoms with Crippen LogP contribution < -0.4 is 0 Å². The summed E-state index contributed by atoms with van der Waals surface area (Å²) >= 11 is 7.00. The van der Waals surface area contributed by atoms with Gasteiger partial charge < -0.3 is 0 Å². The zero-order chi connectivity index (χ0) is 18.9. The van der Waals surface area contributed by atoms with Gasteiger partial charge in [0.25, 0.3) is 10.0 Å². The minimum Gasteiger partial charge on any atom is -0.296 e. The fraction of sp³-hybridized carbons (Fsp3) is 0.474. The molecule has 0 unspecified atom stereocenters. The number of hydrogen-bond acceptors (Lipinski definition) is 4. The van der Waals surface area contributed by atoms with Gasteiger partial charge in [0, 0.05) is 32.7 Å². The van der Waals surface area contributed by atoms with Gasteiger partial charge in [-0.15, -0.1) is 11.3 Å². The first-order chi connectivity index (χ1) is 12.2. The van der Waals surface area contributed by atoms with Crippen molar-refractivity contribution in [2.24, 2.45) is 0 Å². The van der Waals surface area contributed by atoms with Gasteiger partial charge in [-0.25, -0.2) is 8.42 Å². The maximum Gasteiger partial charge on any atom is 0.252 e. The molecule has 2 aromatic rings.